The van der Waals surface area contributed by atoms with Gasteiger partial charge in [-0.25, -0.2) is 0 Å². The van der Waals surface area contributed by atoms with Gasteiger partial charge in [0.1, 0.15) is 0 Å². The third-order valence-electron chi connectivity index (χ3n) is 3.50. The van der Waals surface area contributed by atoms with Crippen molar-refractivity contribution >= 4 is 40.7 Å². The summed E-state index contributed by atoms with van der Waals surface area (Å²) in [5, 5.41) is 3.54. The molecule has 0 unspecified atom stereocenters. The van der Waals surface area contributed by atoms with Crippen LogP contribution in [0, 0.1) is 0 Å². The fourth-order valence-electron chi connectivity index (χ4n) is 2.28. The Hall–Kier alpha value is -1.72. The number of piperazine rings is 1. The number of amides is 2. The van der Waals surface area contributed by atoms with E-state index in [9.17, 15) is 9.59 Å². The highest BCUT2D eigenvalue weighted by molar-refractivity contribution is 6.43. The zero-order chi connectivity index (χ0) is 16.1. The van der Waals surface area contributed by atoms with Crippen molar-refractivity contribution in [3.05, 3.63) is 40.9 Å². The maximum atomic E-state index is 12.0. The van der Waals surface area contributed by atoms with E-state index in [0.29, 0.717) is 36.2 Å². The summed E-state index contributed by atoms with van der Waals surface area (Å²) in [6, 6.07) is 5.51. The van der Waals surface area contributed by atoms with Crippen molar-refractivity contribution in [2.45, 2.75) is 0 Å². The Labute approximate surface area is 139 Å². The van der Waals surface area contributed by atoms with Crippen LogP contribution >= 0.6 is 23.2 Å². The van der Waals surface area contributed by atoms with Gasteiger partial charge in [0.15, 0.2) is 0 Å². The molecule has 1 fully saturated rings. The zero-order valence-electron chi connectivity index (χ0n) is 12.0. The molecule has 0 aliphatic carbocycles. The molecule has 7 heteroatoms. The summed E-state index contributed by atoms with van der Waals surface area (Å²) < 4.78 is 0. The van der Waals surface area contributed by atoms with Crippen LogP contribution in [0.3, 0.4) is 0 Å². The Morgan fingerprint density at radius 2 is 1.91 bits per heavy atom. The molecule has 2 amide bonds. The van der Waals surface area contributed by atoms with E-state index in [1.165, 1.54) is 0 Å². The number of benzene rings is 1. The van der Waals surface area contributed by atoms with Crippen molar-refractivity contribution in [1.82, 2.24) is 10.2 Å². The van der Waals surface area contributed by atoms with Gasteiger partial charge in [-0.05, 0) is 18.2 Å². The van der Waals surface area contributed by atoms with Crippen LogP contribution in [0.2, 0.25) is 10.0 Å². The standard InChI is InChI=1S/C15H17Cl2N3O2/c1-2-13(21)18-10-14(22)20-8-6-19(7-9-20)12-5-3-4-11(16)15(12)17/h2-5H,1,6-10H2,(H,18,21). The van der Waals surface area contributed by atoms with Gasteiger partial charge in [-0.1, -0.05) is 35.8 Å². The zero-order valence-corrected chi connectivity index (χ0v) is 13.5. The fraction of sp³-hybridized carbons (Fsp3) is 0.333. The van der Waals surface area contributed by atoms with E-state index < -0.39 is 0 Å². The first-order valence-corrected chi connectivity index (χ1v) is 7.65. The number of nitrogens with one attached hydrogen (secondary N) is 1. The second kappa shape index (κ2) is 7.51. The summed E-state index contributed by atoms with van der Waals surface area (Å²) in [6.07, 6.45) is 1.15. The third kappa shape index (κ3) is 3.93. The Kier molecular flexibility index (Phi) is 5.69. The lowest BCUT2D eigenvalue weighted by molar-refractivity contribution is -0.132. The van der Waals surface area contributed by atoms with Crippen molar-refractivity contribution in [2.75, 3.05) is 37.6 Å². The Bertz CT molecular complexity index is 584. The maximum absolute atomic E-state index is 12.0. The van der Waals surface area contributed by atoms with E-state index in [4.69, 9.17) is 23.2 Å². The molecule has 0 aromatic heterocycles. The monoisotopic (exact) mass is 341 g/mol. The lowest BCUT2D eigenvalue weighted by Gasteiger charge is -2.36. The number of nitrogens with zero attached hydrogens (tertiary/aromatic N) is 2. The topological polar surface area (TPSA) is 52.7 Å². The molecule has 1 aliphatic heterocycles. The number of carbonyl (C=O) groups excluding carboxylic acids is 2. The van der Waals surface area contributed by atoms with E-state index in [1.807, 2.05) is 12.1 Å². The van der Waals surface area contributed by atoms with Gasteiger partial charge in [0, 0.05) is 26.2 Å². The quantitative estimate of drug-likeness (QED) is 0.851. The van der Waals surface area contributed by atoms with Crippen molar-refractivity contribution in [1.29, 1.82) is 0 Å². The molecule has 1 aliphatic rings. The highest BCUT2D eigenvalue weighted by atomic mass is 35.5. The molecule has 0 saturated carbocycles. The molecular formula is C15H17Cl2N3O2. The summed E-state index contributed by atoms with van der Waals surface area (Å²) in [7, 11) is 0. The van der Waals surface area contributed by atoms with Crippen LogP contribution in [0.15, 0.2) is 30.9 Å². The van der Waals surface area contributed by atoms with Crippen LogP contribution in [-0.2, 0) is 9.59 Å². The minimum atomic E-state index is -0.349. The van der Waals surface area contributed by atoms with Crippen LogP contribution < -0.4 is 10.2 Å². The largest absolute Gasteiger partial charge is 0.367 e. The first-order valence-electron chi connectivity index (χ1n) is 6.90. The summed E-state index contributed by atoms with van der Waals surface area (Å²) in [5.41, 5.74) is 0.876. The SMILES string of the molecule is C=CC(=O)NCC(=O)N1CCN(c2cccc(Cl)c2Cl)CC1. The van der Waals surface area contributed by atoms with E-state index >= 15 is 0 Å². The fourth-order valence-corrected chi connectivity index (χ4v) is 2.70. The lowest BCUT2D eigenvalue weighted by atomic mass is 10.2. The molecule has 1 heterocycles. The summed E-state index contributed by atoms with van der Waals surface area (Å²) in [5.74, 6) is -0.454. The second-order valence-electron chi connectivity index (χ2n) is 4.86. The van der Waals surface area contributed by atoms with Gasteiger partial charge in [0.05, 0.1) is 22.3 Å². The van der Waals surface area contributed by atoms with Gasteiger partial charge in [0.2, 0.25) is 11.8 Å². The molecule has 118 valence electrons. The molecule has 5 nitrogen and oxygen atoms in total. The maximum Gasteiger partial charge on any atom is 0.243 e. The molecule has 22 heavy (non-hydrogen) atoms. The van der Waals surface area contributed by atoms with E-state index in [0.717, 1.165) is 11.8 Å². The minimum absolute atomic E-state index is 0.0111. The molecule has 0 atom stereocenters. The molecule has 1 aromatic carbocycles. The van der Waals surface area contributed by atoms with E-state index in [2.05, 4.69) is 16.8 Å². The second-order valence-corrected chi connectivity index (χ2v) is 5.65. The third-order valence-corrected chi connectivity index (χ3v) is 4.31. The summed E-state index contributed by atoms with van der Waals surface area (Å²) in [4.78, 5) is 26.9. The van der Waals surface area contributed by atoms with Crippen molar-refractivity contribution in [3.8, 4) is 0 Å². The molecule has 0 radical (unpaired) electrons. The first kappa shape index (κ1) is 16.6. The van der Waals surface area contributed by atoms with E-state index in [-0.39, 0.29) is 18.4 Å². The van der Waals surface area contributed by atoms with Gasteiger partial charge >= 0.3 is 0 Å². The van der Waals surface area contributed by atoms with Gasteiger partial charge in [-0.15, -0.1) is 0 Å². The van der Waals surface area contributed by atoms with Gasteiger partial charge in [0.25, 0.3) is 0 Å². The Balaban J connectivity index is 1.90. The summed E-state index contributed by atoms with van der Waals surface area (Å²) >= 11 is 12.2. The lowest BCUT2D eigenvalue weighted by Crippen LogP contribution is -2.51. The van der Waals surface area contributed by atoms with Crippen molar-refractivity contribution < 1.29 is 9.59 Å². The average molecular weight is 342 g/mol. The van der Waals surface area contributed by atoms with Gasteiger partial charge in [-0.2, -0.15) is 0 Å². The van der Waals surface area contributed by atoms with Crippen LogP contribution in [0.4, 0.5) is 5.69 Å². The Morgan fingerprint density at radius 1 is 1.23 bits per heavy atom. The smallest absolute Gasteiger partial charge is 0.243 e. The van der Waals surface area contributed by atoms with Crippen LogP contribution in [-0.4, -0.2) is 49.4 Å². The molecule has 1 aromatic rings. The number of hydrogen-bond donors (Lipinski definition) is 1. The predicted octanol–water partition coefficient (Wildman–Crippen LogP) is 1.94. The normalized spacial score (nSPS) is 14.6. The molecule has 0 bridgehead atoms. The molecular weight excluding hydrogens is 325 g/mol. The first-order chi connectivity index (χ1) is 10.5. The summed E-state index contributed by atoms with van der Waals surface area (Å²) in [6.45, 7) is 5.82. The predicted molar refractivity (Wildman–Crippen MR) is 88.5 cm³/mol. The number of hydrogen-bond acceptors (Lipinski definition) is 3. The van der Waals surface area contributed by atoms with Crippen molar-refractivity contribution in [3.63, 3.8) is 0 Å². The minimum Gasteiger partial charge on any atom is -0.367 e. The van der Waals surface area contributed by atoms with Gasteiger partial charge < -0.3 is 15.1 Å². The highest BCUT2D eigenvalue weighted by Crippen LogP contribution is 2.32. The molecule has 1 saturated heterocycles. The Morgan fingerprint density at radius 3 is 2.55 bits per heavy atom. The number of anilines is 1. The van der Waals surface area contributed by atoms with E-state index in [1.54, 1.807) is 11.0 Å². The number of rotatable bonds is 4. The molecule has 2 rings (SSSR count). The van der Waals surface area contributed by atoms with Crippen LogP contribution in [0.5, 0.6) is 0 Å². The number of carbonyl (C=O) groups is 2. The van der Waals surface area contributed by atoms with Crippen LogP contribution in [0.1, 0.15) is 0 Å². The van der Waals surface area contributed by atoms with Crippen molar-refractivity contribution in [2.24, 2.45) is 0 Å². The number of halogens is 2. The van der Waals surface area contributed by atoms with Crippen LogP contribution in [0.25, 0.3) is 0 Å². The van der Waals surface area contributed by atoms with Gasteiger partial charge in [-0.3, -0.25) is 9.59 Å². The average Bonchev–Trinajstić information content (AvgIpc) is 2.55. The molecule has 0 spiro atoms. The molecule has 1 N–H and O–H groups in total. The highest BCUT2D eigenvalue weighted by Gasteiger charge is 2.22.